The highest BCUT2D eigenvalue weighted by atomic mass is 16.1. The first kappa shape index (κ1) is 12.9. The predicted octanol–water partition coefficient (Wildman–Crippen LogP) is 2.68. The number of aromatic nitrogens is 1. The Labute approximate surface area is 119 Å². The fraction of sp³-hybridized carbons (Fsp3) is 0.294. The number of pyridine rings is 1. The molecule has 2 aromatic rings. The highest BCUT2D eigenvalue weighted by molar-refractivity contribution is 5.95. The number of amides is 1. The fourth-order valence-corrected chi connectivity index (χ4v) is 2.81. The van der Waals surface area contributed by atoms with E-state index in [-0.39, 0.29) is 11.9 Å². The van der Waals surface area contributed by atoms with Gasteiger partial charge in [-0.1, -0.05) is 24.3 Å². The third-order valence-corrected chi connectivity index (χ3v) is 3.93. The van der Waals surface area contributed by atoms with Gasteiger partial charge in [0.05, 0.1) is 5.56 Å². The summed E-state index contributed by atoms with van der Waals surface area (Å²) in [5.74, 6) is -0.0139. The average Bonchev–Trinajstić information content (AvgIpc) is 2.47. The monoisotopic (exact) mass is 266 g/mol. The van der Waals surface area contributed by atoms with Gasteiger partial charge in [-0.15, -0.1) is 0 Å². The van der Waals surface area contributed by atoms with E-state index in [2.05, 4.69) is 34.6 Å². The van der Waals surface area contributed by atoms with Crippen molar-refractivity contribution in [2.45, 2.75) is 32.2 Å². The third-order valence-electron chi connectivity index (χ3n) is 3.93. The minimum atomic E-state index is -0.0139. The summed E-state index contributed by atoms with van der Waals surface area (Å²) in [6, 6.07) is 12.3. The van der Waals surface area contributed by atoms with Crippen molar-refractivity contribution in [3.8, 4) is 0 Å². The molecule has 0 saturated carbocycles. The van der Waals surface area contributed by atoms with Crippen LogP contribution in [0.2, 0.25) is 0 Å². The zero-order valence-corrected chi connectivity index (χ0v) is 11.6. The van der Waals surface area contributed by atoms with E-state index in [1.54, 1.807) is 12.3 Å². The van der Waals surface area contributed by atoms with E-state index in [4.69, 9.17) is 0 Å². The molecule has 0 fully saturated rings. The minimum absolute atomic E-state index is 0.0139. The first-order chi connectivity index (χ1) is 9.74. The Balaban J connectivity index is 1.71. The number of nitrogens with one attached hydrogen (secondary N) is 1. The van der Waals surface area contributed by atoms with Crippen LogP contribution in [-0.4, -0.2) is 16.9 Å². The smallest absolute Gasteiger partial charge is 0.253 e. The summed E-state index contributed by atoms with van der Waals surface area (Å²) in [5, 5.41) is 3.14. The molecular weight excluding hydrogens is 248 g/mol. The number of hydrogen-bond donors (Lipinski definition) is 1. The summed E-state index contributed by atoms with van der Waals surface area (Å²) in [4.78, 5) is 16.5. The van der Waals surface area contributed by atoms with Gasteiger partial charge in [-0.3, -0.25) is 9.78 Å². The molecule has 0 saturated heterocycles. The Morgan fingerprint density at radius 3 is 2.80 bits per heavy atom. The van der Waals surface area contributed by atoms with Crippen LogP contribution in [0, 0.1) is 6.92 Å². The molecule has 0 aliphatic heterocycles. The number of hydrogen-bond acceptors (Lipinski definition) is 2. The first-order valence-corrected chi connectivity index (χ1v) is 7.03. The van der Waals surface area contributed by atoms with Gasteiger partial charge in [-0.2, -0.15) is 0 Å². The molecule has 1 N–H and O–H groups in total. The summed E-state index contributed by atoms with van der Waals surface area (Å²) < 4.78 is 0. The van der Waals surface area contributed by atoms with E-state index in [0.717, 1.165) is 25.0 Å². The number of nitrogens with zero attached hydrogens (tertiary/aromatic N) is 1. The Hall–Kier alpha value is -2.16. The van der Waals surface area contributed by atoms with E-state index >= 15 is 0 Å². The van der Waals surface area contributed by atoms with Crippen molar-refractivity contribution in [2.75, 3.05) is 0 Å². The van der Waals surface area contributed by atoms with Crippen LogP contribution in [0.3, 0.4) is 0 Å². The normalized spacial score (nSPS) is 17.4. The fourth-order valence-electron chi connectivity index (χ4n) is 2.81. The number of carbonyl (C=O) groups excluding carboxylic acids is 1. The lowest BCUT2D eigenvalue weighted by molar-refractivity contribution is 0.0932. The summed E-state index contributed by atoms with van der Waals surface area (Å²) in [7, 11) is 0. The maximum absolute atomic E-state index is 12.3. The topological polar surface area (TPSA) is 42.0 Å². The lowest BCUT2D eigenvalue weighted by atomic mass is 9.88. The van der Waals surface area contributed by atoms with Gasteiger partial charge >= 0.3 is 0 Å². The zero-order chi connectivity index (χ0) is 13.9. The second-order valence-electron chi connectivity index (χ2n) is 5.32. The van der Waals surface area contributed by atoms with Gasteiger partial charge in [-0.05, 0) is 49.4 Å². The lowest BCUT2D eigenvalue weighted by Crippen LogP contribution is -2.39. The lowest BCUT2D eigenvalue weighted by Gasteiger charge is -2.25. The maximum Gasteiger partial charge on any atom is 0.253 e. The molecule has 0 radical (unpaired) electrons. The van der Waals surface area contributed by atoms with Crippen molar-refractivity contribution in [2.24, 2.45) is 0 Å². The summed E-state index contributed by atoms with van der Waals surface area (Å²) in [6.45, 7) is 1.87. The Bertz CT molecular complexity index is 636. The number of aryl methyl sites for hydroxylation is 2. The second-order valence-corrected chi connectivity index (χ2v) is 5.32. The van der Waals surface area contributed by atoms with Crippen LogP contribution >= 0.6 is 0 Å². The van der Waals surface area contributed by atoms with Crippen molar-refractivity contribution < 1.29 is 4.79 Å². The molecule has 1 atom stereocenters. The number of carbonyl (C=O) groups is 1. The molecule has 1 aromatic heterocycles. The Kier molecular flexibility index (Phi) is 3.50. The van der Waals surface area contributed by atoms with E-state index in [9.17, 15) is 4.79 Å². The second kappa shape index (κ2) is 5.45. The van der Waals surface area contributed by atoms with Gasteiger partial charge in [0, 0.05) is 17.9 Å². The van der Waals surface area contributed by atoms with Gasteiger partial charge < -0.3 is 5.32 Å². The highest BCUT2D eigenvalue weighted by Gasteiger charge is 2.21. The standard InChI is InChI=1S/C17H18N2O/c1-12-16(7-4-10-18-12)17(20)19-15-9-8-13-5-2-3-6-14(13)11-15/h2-7,10,15H,8-9,11H2,1H3,(H,19,20). The van der Waals surface area contributed by atoms with Crippen molar-refractivity contribution in [3.05, 3.63) is 65.0 Å². The molecular formula is C17H18N2O. The van der Waals surface area contributed by atoms with Crippen LogP contribution in [0.15, 0.2) is 42.6 Å². The van der Waals surface area contributed by atoms with Crippen molar-refractivity contribution in [1.82, 2.24) is 10.3 Å². The van der Waals surface area contributed by atoms with Crippen molar-refractivity contribution in [1.29, 1.82) is 0 Å². The van der Waals surface area contributed by atoms with Crippen molar-refractivity contribution >= 4 is 5.91 Å². The van der Waals surface area contributed by atoms with Crippen LogP contribution in [-0.2, 0) is 12.8 Å². The average molecular weight is 266 g/mol. The Morgan fingerprint density at radius 2 is 2.00 bits per heavy atom. The van der Waals surface area contributed by atoms with E-state index in [0.29, 0.717) is 5.56 Å². The molecule has 0 bridgehead atoms. The van der Waals surface area contributed by atoms with Crippen LogP contribution in [0.25, 0.3) is 0 Å². The zero-order valence-electron chi connectivity index (χ0n) is 11.6. The minimum Gasteiger partial charge on any atom is -0.349 e. The molecule has 1 heterocycles. The molecule has 1 amide bonds. The van der Waals surface area contributed by atoms with E-state index in [1.165, 1.54) is 11.1 Å². The predicted molar refractivity (Wildman–Crippen MR) is 78.7 cm³/mol. The number of rotatable bonds is 2. The molecule has 1 unspecified atom stereocenters. The highest BCUT2D eigenvalue weighted by Crippen LogP contribution is 2.21. The molecule has 20 heavy (non-hydrogen) atoms. The number of fused-ring (bicyclic) bond motifs is 1. The number of benzene rings is 1. The summed E-state index contributed by atoms with van der Waals surface area (Å²) >= 11 is 0. The van der Waals surface area contributed by atoms with Crippen LogP contribution in [0.5, 0.6) is 0 Å². The molecule has 1 aliphatic rings. The molecule has 3 heteroatoms. The van der Waals surface area contributed by atoms with E-state index < -0.39 is 0 Å². The van der Waals surface area contributed by atoms with Gasteiger partial charge in [0.2, 0.25) is 0 Å². The molecule has 1 aromatic carbocycles. The van der Waals surface area contributed by atoms with Gasteiger partial charge in [0.1, 0.15) is 0 Å². The first-order valence-electron chi connectivity index (χ1n) is 7.03. The van der Waals surface area contributed by atoms with E-state index in [1.807, 2.05) is 13.0 Å². The maximum atomic E-state index is 12.3. The largest absolute Gasteiger partial charge is 0.349 e. The molecule has 3 nitrogen and oxygen atoms in total. The summed E-state index contributed by atoms with van der Waals surface area (Å²) in [5.41, 5.74) is 4.22. The van der Waals surface area contributed by atoms with Crippen LogP contribution < -0.4 is 5.32 Å². The summed E-state index contributed by atoms with van der Waals surface area (Å²) in [6.07, 6.45) is 4.67. The van der Waals surface area contributed by atoms with Crippen LogP contribution in [0.4, 0.5) is 0 Å². The van der Waals surface area contributed by atoms with Gasteiger partial charge in [0.15, 0.2) is 0 Å². The molecule has 1 aliphatic carbocycles. The molecule has 3 rings (SSSR count). The quantitative estimate of drug-likeness (QED) is 0.908. The van der Waals surface area contributed by atoms with Crippen LogP contribution in [0.1, 0.15) is 33.6 Å². The van der Waals surface area contributed by atoms with Crippen molar-refractivity contribution in [3.63, 3.8) is 0 Å². The Morgan fingerprint density at radius 1 is 1.20 bits per heavy atom. The third kappa shape index (κ3) is 2.57. The molecule has 102 valence electrons. The molecule has 0 spiro atoms. The van der Waals surface area contributed by atoms with Gasteiger partial charge in [0.25, 0.3) is 5.91 Å². The van der Waals surface area contributed by atoms with Gasteiger partial charge in [-0.25, -0.2) is 0 Å². The SMILES string of the molecule is Cc1ncccc1C(=O)NC1CCc2ccccc2C1.